The Morgan fingerprint density at radius 3 is 3.00 bits per heavy atom. The first kappa shape index (κ1) is 10.5. The Bertz CT molecular complexity index is 322. The third-order valence-electron chi connectivity index (χ3n) is 3.30. The van der Waals surface area contributed by atoms with E-state index in [4.69, 9.17) is 5.73 Å². The lowest BCUT2D eigenvalue weighted by Crippen LogP contribution is -2.22. The highest BCUT2D eigenvalue weighted by Gasteiger charge is 2.21. The van der Waals surface area contributed by atoms with Crippen molar-refractivity contribution in [1.82, 2.24) is 0 Å². The lowest BCUT2D eigenvalue weighted by molar-refractivity contribution is 0.602. The fourth-order valence-electron chi connectivity index (χ4n) is 2.23. The molecule has 0 aliphatic carbocycles. The number of aryl methyl sites for hydroxylation is 1. The summed E-state index contributed by atoms with van der Waals surface area (Å²) >= 11 is 0. The number of hydrogen-bond donors (Lipinski definition) is 1. The Labute approximate surface area is 92.1 Å². The van der Waals surface area contributed by atoms with E-state index >= 15 is 0 Å². The predicted molar refractivity (Wildman–Crippen MR) is 65.2 cm³/mol. The lowest BCUT2D eigenvalue weighted by Gasteiger charge is -2.19. The van der Waals surface area contributed by atoms with Gasteiger partial charge in [-0.15, -0.1) is 0 Å². The Kier molecular flexibility index (Phi) is 3.27. The average Bonchev–Trinajstić information content (AvgIpc) is 2.78. The molecule has 0 bridgehead atoms. The number of anilines is 1. The number of hydrogen-bond acceptors (Lipinski definition) is 2. The van der Waals surface area contributed by atoms with Gasteiger partial charge in [0.05, 0.1) is 0 Å². The minimum atomic E-state index is 0.690. The molecule has 1 saturated heterocycles. The highest BCUT2D eigenvalue weighted by atomic mass is 15.2. The van der Waals surface area contributed by atoms with E-state index in [0.29, 0.717) is 5.92 Å². The van der Waals surface area contributed by atoms with Crippen LogP contribution in [0.4, 0.5) is 5.69 Å². The van der Waals surface area contributed by atoms with Gasteiger partial charge in [0.1, 0.15) is 0 Å². The second kappa shape index (κ2) is 4.67. The Balaban J connectivity index is 2.09. The van der Waals surface area contributed by atoms with Crippen LogP contribution in [0.3, 0.4) is 0 Å². The van der Waals surface area contributed by atoms with Gasteiger partial charge in [0.25, 0.3) is 0 Å². The quantitative estimate of drug-likeness (QED) is 0.816. The molecule has 0 aromatic heterocycles. The molecule has 1 aromatic rings. The van der Waals surface area contributed by atoms with Crippen LogP contribution >= 0.6 is 0 Å². The summed E-state index contributed by atoms with van der Waals surface area (Å²) in [5.74, 6) is 0.690. The third kappa shape index (κ3) is 2.32. The molecule has 15 heavy (non-hydrogen) atoms. The molecule has 0 saturated carbocycles. The van der Waals surface area contributed by atoms with Gasteiger partial charge in [0, 0.05) is 18.8 Å². The monoisotopic (exact) mass is 204 g/mol. The van der Waals surface area contributed by atoms with E-state index in [9.17, 15) is 0 Å². The standard InChI is InChI=1S/C13H20N2/c1-2-11-4-3-5-13(8-11)15-7-6-12(9-14)10-15/h3-5,8,12H,2,6-7,9-10,14H2,1H3. The topological polar surface area (TPSA) is 29.3 Å². The molecule has 1 aliphatic rings. The van der Waals surface area contributed by atoms with E-state index in [2.05, 4.69) is 36.1 Å². The van der Waals surface area contributed by atoms with Crippen LogP contribution in [-0.4, -0.2) is 19.6 Å². The fourth-order valence-corrected chi connectivity index (χ4v) is 2.23. The van der Waals surface area contributed by atoms with Gasteiger partial charge in [0.15, 0.2) is 0 Å². The Morgan fingerprint density at radius 1 is 1.47 bits per heavy atom. The zero-order valence-electron chi connectivity index (χ0n) is 9.45. The third-order valence-corrected chi connectivity index (χ3v) is 3.30. The predicted octanol–water partition coefficient (Wildman–Crippen LogP) is 2.03. The van der Waals surface area contributed by atoms with E-state index in [0.717, 1.165) is 26.1 Å². The molecule has 1 heterocycles. The minimum Gasteiger partial charge on any atom is -0.371 e. The second-order valence-corrected chi connectivity index (χ2v) is 4.36. The Morgan fingerprint density at radius 2 is 2.33 bits per heavy atom. The van der Waals surface area contributed by atoms with E-state index in [1.165, 1.54) is 17.7 Å². The van der Waals surface area contributed by atoms with Crippen molar-refractivity contribution < 1.29 is 0 Å². The summed E-state index contributed by atoms with van der Waals surface area (Å²) in [6, 6.07) is 8.86. The van der Waals surface area contributed by atoms with Gasteiger partial charge in [-0.05, 0) is 43.0 Å². The largest absolute Gasteiger partial charge is 0.371 e. The van der Waals surface area contributed by atoms with Crippen LogP contribution in [0.2, 0.25) is 0 Å². The zero-order valence-corrected chi connectivity index (χ0v) is 9.45. The average molecular weight is 204 g/mol. The van der Waals surface area contributed by atoms with Crippen molar-refractivity contribution in [2.75, 3.05) is 24.5 Å². The highest BCUT2D eigenvalue weighted by Crippen LogP contribution is 2.24. The summed E-state index contributed by atoms with van der Waals surface area (Å²) < 4.78 is 0. The fraction of sp³-hybridized carbons (Fsp3) is 0.538. The first-order chi connectivity index (χ1) is 7.33. The van der Waals surface area contributed by atoms with Crippen molar-refractivity contribution in [3.8, 4) is 0 Å². The van der Waals surface area contributed by atoms with Gasteiger partial charge in [-0.3, -0.25) is 0 Å². The summed E-state index contributed by atoms with van der Waals surface area (Å²) in [7, 11) is 0. The van der Waals surface area contributed by atoms with Crippen LogP contribution in [0.1, 0.15) is 18.9 Å². The summed E-state index contributed by atoms with van der Waals surface area (Å²) in [6.45, 7) is 5.31. The van der Waals surface area contributed by atoms with E-state index < -0.39 is 0 Å². The minimum absolute atomic E-state index is 0.690. The number of rotatable bonds is 3. The summed E-state index contributed by atoms with van der Waals surface area (Å²) in [5, 5.41) is 0. The van der Waals surface area contributed by atoms with Crippen LogP contribution in [0, 0.1) is 5.92 Å². The van der Waals surface area contributed by atoms with Crippen molar-refractivity contribution >= 4 is 5.69 Å². The van der Waals surface area contributed by atoms with Crippen molar-refractivity contribution in [2.24, 2.45) is 11.7 Å². The highest BCUT2D eigenvalue weighted by molar-refractivity contribution is 5.49. The molecule has 2 N–H and O–H groups in total. The van der Waals surface area contributed by atoms with Crippen LogP contribution in [0.5, 0.6) is 0 Å². The molecule has 82 valence electrons. The number of nitrogens with two attached hydrogens (primary N) is 1. The van der Waals surface area contributed by atoms with Crippen LogP contribution in [0.15, 0.2) is 24.3 Å². The van der Waals surface area contributed by atoms with Crippen LogP contribution in [0.25, 0.3) is 0 Å². The smallest absolute Gasteiger partial charge is 0.0369 e. The van der Waals surface area contributed by atoms with Crippen molar-refractivity contribution in [3.63, 3.8) is 0 Å². The SMILES string of the molecule is CCc1cccc(N2CCC(CN)C2)c1. The van der Waals surface area contributed by atoms with Crippen LogP contribution < -0.4 is 10.6 Å². The molecule has 0 amide bonds. The van der Waals surface area contributed by atoms with Gasteiger partial charge in [-0.25, -0.2) is 0 Å². The van der Waals surface area contributed by atoms with Gasteiger partial charge < -0.3 is 10.6 Å². The molecule has 2 rings (SSSR count). The first-order valence-corrected chi connectivity index (χ1v) is 5.87. The van der Waals surface area contributed by atoms with Gasteiger partial charge in [-0.1, -0.05) is 19.1 Å². The Hall–Kier alpha value is -1.02. The molecule has 2 heteroatoms. The van der Waals surface area contributed by atoms with E-state index in [1.807, 2.05) is 0 Å². The molecule has 2 nitrogen and oxygen atoms in total. The maximum Gasteiger partial charge on any atom is 0.0369 e. The van der Waals surface area contributed by atoms with Gasteiger partial charge in [-0.2, -0.15) is 0 Å². The molecule has 1 unspecified atom stereocenters. The summed E-state index contributed by atoms with van der Waals surface area (Å²) in [5.41, 5.74) is 8.49. The van der Waals surface area contributed by atoms with Crippen molar-refractivity contribution in [3.05, 3.63) is 29.8 Å². The number of nitrogens with zero attached hydrogens (tertiary/aromatic N) is 1. The maximum absolute atomic E-state index is 5.70. The van der Waals surface area contributed by atoms with E-state index in [-0.39, 0.29) is 0 Å². The zero-order chi connectivity index (χ0) is 10.7. The molecular weight excluding hydrogens is 184 g/mol. The normalized spacial score (nSPS) is 20.9. The lowest BCUT2D eigenvalue weighted by atomic mass is 10.1. The van der Waals surface area contributed by atoms with Gasteiger partial charge in [0.2, 0.25) is 0 Å². The summed E-state index contributed by atoms with van der Waals surface area (Å²) in [6.07, 6.45) is 2.36. The molecule has 0 spiro atoms. The molecule has 1 aromatic carbocycles. The van der Waals surface area contributed by atoms with Crippen molar-refractivity contribution in [1.29, 1.82) is 0 Å². The molecule has 1 fully saturated rings. The first-order valence-electron chi connectivity index (χ1n) is 5.87. The maximum atomic E-state index is 5.70. The molecule has 0 radical (unpaired) electrons. The molecular formula is C13H20N2. The van der Waals surface area contributed by atoms with Gasteiger partial charge >= 0.3 is 0 Å². The van der Waals surface area contributed by atoms with Crippen molar-refractivity contribution in [2.45, 2.75) is 19.8 Å². The molecule has 1 aliphatic heterocycles. The number of benzene rings is 1. The van der Waals surface area contributed by atoms with Crippen LogP contribution in [-0.2, 0) is 6.42 Å². The van der Waals surface area contributed by atoms with E-state index in [1.54, 1.807) is 0 Å². The second-order valence-electron chi connectivity index (χ2n) is 4.36. The summed E-state index contributed by atoms with van der Waals surface area (Å²) in [4.78, 5) is 2.46. The molecule has 1 atom stereocenters.